The third-order valence-corrected chi connectivity index (χ3v) is 6.22. The Balaban J connectivity index is 4.03. The first-order valence-corrected chi connectivity index (χ1v) is 10.5. The number of esters is 1. The van der Waals surface area contributed by atoms with Crippen LogP contribution in [0.15, 0.2) is 12.2 Å². The van der Waals surface area contributed by atoms with Gasteiger partial charge in [-0.05, 0) is 40.7 Å². The van der Waals surface area contributed by atoms with Gasteiger partial charge in [-0.1, -0.05) is 6.58 Å². The summed E-state index contributed by atoms with van der Waals surface area (Å²) in [6.45, 7) is 13.5. The molecule has 0 aromatic heterocycles. The molecule has 1 unspecified atom stereocenters. The van der Waals surface area contributed by atoms with Crippen LogP contribution in [-0.4, -0.2) is 65.5 Å². The summed E-state index contributed by atoms with van der Waals surface area (Å²) in [6.07, 6.45) is 0.0609. The minimum atomic E-state index is -2.60. The van der Waals surface area contributed by atoms with Crippen molar-refractivity contribution in [2.75, 3.05) is 39.5 Å². The van der Waals surface area contributed by atoms with E-state index in [0.29, 0.717) is 38.5 Å². The summed E-state index contributed by atoms with van der Waals surface area (Å²) in [5.41, 5.74) is 0.319. The van der Waals surface area contributed by atoms with Crippen molar-refractivity contribution in [3.63, 3.8) is 0 Å². The van der Waals surface area contributed by atoms with E-state index in [4.69, 9.17) is 18.0 Å². The normalized spacial score (nSPS) is 12.9. The molecular weight excluding hydrogens is 330 g/mol. The van der Waals surface area contributed by atoms with E-state index >= 15 is 0 Å². The number of ether oxygens (including phenoxy) is 1. The predicted molar refractivity (Wildman–Crippen MR) is 94.7 cm³/mol. The summed E-state index contributed by atoms with van der Waals surface area (Å²) in [4.78, 5) is 11.2. The highest BCUT2D eigenvalue weighted by Crippen LogP contribution is 2.17. The van der Waals surface area contributed by atoms with Crippen molar-refractivity contribution in [3.05, 3.63) is 12.2 Å². The molecule has 0 aliphatic heterocycles. The molecule has 0 saturated heterocycles. The highest BCUT2D eigenvalue weighted by atomic mass is 28.4. The summed E-state index contributed by atoms with van der Waals surface area (Å²) < 4.78 is 22.2. The number of nitrogens with one attached hydrogen (secondary N) is 1. The first-order chi connectivity index (χ1) is 11.4. The van der Waals surface area contributed by atoms with Gasteiger partial charge in [0.15, 0.2) is 0 Å². The van der Waals surface area contributed by atoms with Crippen LogP contribution in [-0.2, 0) is 22.8 Å². The summed E-state index contributed by atoms with van der Waals surface area (Å²) in [7, 11) is -2.60. The average molecular weight is 364 g/mol. The molecule has 2 N–H and O–H groups in total. The quantitative estimate of drug-likeness (QED) is 0.197. The van der Waals surface area contributed by atoms with E-state index < -0.39 is 20.9 Å². The molecule has 142 valence electrons. The maximum Gasteiger partial charge on any atom is 0.500 e. The van der Waals surface area contributed by atoms with E-state index in [1.165, 1.54) is 0 Å². The standard InChI is InChI=1S/C16H33NO6Si/c1-6-21-24(22-7-2,23-8-3)11-9-10-17-12-15(18)13-20-16(19)14(4)5/h15,17-18H,4,6-13H2,1-3,5H3. The van der Waals surface area contributed by atoms with Gasteiger partial charge in [0.05, 0.1) is 0 Å². The highest BCUT2D eigenvalue weighted by Gasteiger charge is 2.39. The molecule has 0 spiro atoms. The molecule has 0 aliphatic carbocycles. The molecule has 8 heteroatoms. The summed E-state index contributed by atoms with van der Waals surface area (Å²) in [6, 6.07) is 0.719. The summed E-state index contributed by atoms with van der Waals surface area (Å²) in [5, 5.41) is 12.9. The van der Waals surface area contributed by atoms with E-state index in [1.807, 2.05) is 20.8 Å². The molecule has 0 bridgehead atoms. The van der Waals surface area contributed by atoms with Gasteiger partial charge in [0.2, 0.25) is 0 Å². The van der Waals surface area contributed by atoms with E-state index in [-0.39, 0.29) is 6.61 Å². The van der Waals surface area contributed by atoms with Crippen molar-refractivity contribution in [1.29, 1.82) is 0 Å². The molecular formula is C16H33NO6Si. The smallest absolute Gasteiger partial charge is 0.460 e. The zero-order valence-corrected chi connectivity index (χ0v) is 16.4. The third-order valence-electron chi connectivity index (χ3n) is 3.06. The Morgan fingerprint density at radius 1 is 1.17 bits per heavy atom. The Morgan fingerprint density at radius 3 is 2.17 bits per heavy atom. The molecule has 0 amide bonds. The van der Waals surface area contributed by atoms with Crippen molar-refractivity contribution in [2.24, 2.45) is 0 Å². The number of aliphatic hydroxyl groups is 1. The van der Waals surface area contributed by atoms with Crippen molar-refractivity contribution >= 4 is 14.8 Å². The molecule has 7 nitrogen and oxygen atoms in total. The van der Waals surface area contributed by atoms with Gasteiger partial charge in [0, 0.05) is 38.0 Å². The molecule has 0 aromatic carbocycles. The van der Waals surface area contributed by atoms with Crippen LogP contribution in [0, 0.1) is 0 Å². The van der Waals surface area contributed by atoms with Gasteiger partial charge in [0.1, 0.15) is 12.7 Å². The van der Waals surface area contributed by atoms with Gasteiger partial charge in [0.25, 0.3) is 0 Å². The maximum absolute atomic E-state index is 11.2. The Hall–Kier alpha value is -0.773. The van der Waals surface area contributed by atoms with Gasteiger partial charge in [-0.25, -0.2) is 4.79 Å². The number of carbonyl (C=O) groups is 1. The van der Waals surface area contributed by atoms with Crippen LogP contribution >= 0.6 is 0 Å². The van der Waals surface area contributed by atoms with Crippen LogP contribution < -0.4 is 5.32 Å². The SMILES string of the molecule is C=C(C)C(=O)OCC(O)CNCCC[Si](OCC)(OCC)OCC. The lowest BCUT2D eigenvalue weighted by Crippen LogP contribution is -2.46. The molecule has 0 heterocycles. The van der Waals surface area contributed by atoms with Gasteiger partial charge in [-0.2, -0.15) is 0 Å². The van der Waals surface area contributed by atoms with E-state index in [0.717, 1.165) is 12.5 Å². The van der Waals surface area contributed by atoms with Crippen molar-refractivity contribution in [1.82, 2.24) is 5.32 Å². The van der Waals surface area contributed by atoms with Crippen LogP contribution in [0.3, 0.4) is 0 Å². The molecule has 0 radical (unpaired) electrons. The monoisotopic (exact) mass is 363 g/mol. The molecule has 0 aromatic rings. The Labute approximate surface area is 146 Å². The van der Waals surface area contributed by atoms with Crippen LogP contribution in [0.5, 0.6) is 0 Å². The lowest BCUT2D eigenvalue weighted by atomic mass is 10.3. The van der Waals surface area contributed by atoms with E-state index in [1.54, 1.807) is 6.92 Å². The fourth-order valence-electron chi connectivity index (χ4n) is 2.05. The number of carbonyl (C=O) groups excluding carboxylic acids is 1. The lowest BCUT2D eigenvalue weighted by Gasteiger charge is -2.28. The number of aliphatic hydroxyl groups excluding tert-OH is 1. The van der Waals surface area contributed by atoms with Gasteiger partial charge >= 0.3 is 14.8 Å². The maximum atomic E-state index is 11.2. The van der Waals surface area contributed by atoms with E-state index in [2.05, 4.69) is 11.9 Å². The third kappa shape index (κ3) is 10.2. The number of hydrogen-bond donors (Lipinski definition) is 2. The van der Waals surface area contributed by atoms with Crippen molar-refractivity contribution in [3.8, 4) is 0 Å². The molecule has 0 saturated carbocycles. The average Bonchev–Trinajstić information content (AvgIpc) is 2.52. The Kier molecular flexibility index (Phi) is 13.1. The zero-order valence-electron chi connectivity index (χ0n) is 15.4. The second-order valence-electron chi connectivity index (χ2n) is 5.32. The topological polar surface area (TPSA) is 86.3 Å². The molecule has 1 atom stereocenters. The largest absolute Gasteiger partial charge is 0.500 e. The number of rotatable bonds is 15. The van der Waals surface area contributed by atoms with Crippen LogP contribution in [0.25, 0.3) is 0 Å². The number of hydrogen-bond acceptors (Lipinski definition) is 7. The second kappa shape index (κ2) is 13.5. The Morgan fingerprint density at radius 2 is 1.71 bits per heavy atom. The van der Waals surface area contributed by atoms with Gasteiger partial charge in [-0.15, -0.1) is 0 Å². The predicted octanol–water partition coefficient (Wildman–Crippen LogP) is 1.49. The first kappa shape index (κ1) is 23.2. The van der Waals surface area contributed by atoms with E-state index in [9.17, 15) is 9.90 Å². The minimum absolute atomic E-state index is 0.0474. The summed E-state index contributed by atoms with van der Waals surface area (Å²) in [5.74, 6) is -0.491. The first-order valence-electron chi connectivity index (χ1n) is 8.54. The second-order valence-corrected chi connectivity index (χ2v) is 8.05. The fraction of sp³-hybridized carbons (Fsp3) is 0.812. The highest BCUT2D eigenvalue weighted by molar-refractivity contribution is 6.60. The zero-order chi connectivity index (χ0) is 18.4. The van der Waals surface area contributed by atoms with Crippen LogP contribution in [0.1, 0.15) is 34.1 Å². The Bertz CT molecular complexity index is 349. The lowest BCUT2D eigenvalue weighted by molar-refractivity contribution is -0.141. The fourth-order valence-corrected chi connectivity index (χ4v) is 4.67. The summed E-state index contributed by atoms with van der Waals surface area (Å²) >= 11 is 0. The minimum Gasteiger partial charge on any atom is -0.460 e. The van der Waals surface area contributed by atoms with Crippen LogP contribution in [0.2, 0.25) is 6.04 Å². The van der Waals surface area contributed by atoms with Crippen molar-refractivity contribution in [2.45, 2.75) is 46.3 Å². The van der Waals surface area contributed by atoms with Crippen molar-refractivity contribution < 1.29 is 27.9 Å². The molecule has 0 aliphatic rings. The molecule has 24 heavy (non-hydrogen) atoms. The van der Waals surface area contributed by atoms with Crippen LogP contribution in [0.4, 0.5) is 0 Å². The van der Waals surface area contributed by atoms with Gasteiger partial charge < -0.3 is 28.4 Å². The van der Waals surface area contributed by atoms with Gasteiger partial charge in [-0.3, -0.25) is 0 Å². The molecule has 0 fully saturated rings. The molecule has 0 rings (SSSR count).